The van der Waals surface area contributed by atoms with Crippen molar-refractivity contribution >= 4 is 46.5 Å². The maximum absolute atomic E-state index is 12.4. The van der Waals surface area contributed by atoms with Gasteiger partial charge in [-0.15, -0.1) is 23.1 Å². The first-order chi connectivity index (χ1) is 14.5. The molecule has 2 amide bonds. The second-order valence-electron chi connectivity index (χ2n) is 7.42. The Labute approximate surface area is 184 Å². The largest absolute Gasteiger partial charge is 0.442 e. The van der Waals surface area contributed by atoms with Crippen LogP contribution in [0.25, 0.3) is 0 Å². The fourth-order valence-corrected chi connectivity index (χ4v) is 5.69. The number of cyclic esters (lactones) is 1. The number of benzene rings is 1. The molecule has 2 aliphatic heterocycles. The van der Waals surface area contributed by atoms with Gasteiger partial charge in [-0.05, 0) is 36.1 Å². The van der Waals surface area contributed by atoms with Gasteiger partial charge in [-0.3, -0.25) is 9.69 Å². The molecule has 2 aromatic rings. The van der Waals surface area contributed by atoms with Crippen LogP contribution in [0.15, 0.2) is 40.6 Å². The van der Waals surface area contributed by atoms with E-state index in [0.717, 1.165) is 27.6 Å². The summed E-state index contributed by atoms with van der Waals surface area (Å²) in [6.07, 6.45) is -0.145. The summed E-state index contributed by atoms with van der Waals surface area (Å²) in [6, 6.07) is 9.62. The highest BCUT2D eigenvalue weighted by atomic mass is 32.2. The number of nitrogens with one attached hydrogen (secondary N) is 1. The number of aliphatic hydroxyl groups is 1. The van der Waals surface area contributed by atoms with E-state index in [-0.39, 0.29) is 17.3 Å². The van der Waals surface area contributed by atoms with Crippen LogP contribution in [0.1, 0.15) is 18.2 Å². The summed E-state index contributed by atoms with van der Waals surface area (Å²) in [5.74, 6) is -0.0793. The van der Waals surface area contributed by atoms with Crippen molar-refractivity contribution in [3.8, 4) is 0 Å². The number of hydrogen-bond donors (Lipinski definition) is 2. The monoisotopic (exact) mass is 447 g/mol. The molecule has 2 N–H and O–H groups in total. The number of aliphatic hydroxyl groups excluding tert-OH is 1. The molecule has 2 aliphatic rings. The Morgan fingerprint density at radius 2 is 2.20 bits per heavy atom. The van der Waals surface area contributed by atoms with E-state index in [1.54, 1.807) is 28.0 Å². The van der Waals surface area contributed by atoms with Crippen LogP contribution in [0.5, 0.6) is 0 Å². The standard InChI is InChI=1S/C21H25N3O4S2/c1-3-17-20(26)23(2)16-7-6-13(9-18(16)30-17)24-12-14(28-21(24)27)11-22-19(25)10-15-5-4-8-29-15/h4-9,14,17,20,26H,3,10-12H2,1-2H3,(H,22,25)/t14-,17?,20?/m0/s1. The van der Waals surface area contributed by atoms with Crippen LogP contribution in [0.2, 0.25) is 0 Å². The van der Waals surface area contributed by atoms with E-state index in [4.69, 9.17) is 4.74 Å². The molecule has 0 saturated carbocycles. The predicted molar refractivity (Wildman–Crippen MR) is 119 cm³/mol. The Bertz CT molecular complexity index is 921. The van der Waals surface area contributed by atoms with Crippen molar-refractivity contribution in [1.29, 1.82) is 0 Å². The fourth-order valence-electron chi connectivity index (χ4n) is 3.67. The zero-order chi connectivity index (χ0) is 21.3. The Balaban J connectivity index is 1.39. The lowest BCUT2D eigenvalue weighted by atomic mass is 10.2. The van der Waals surface area contributed by atoms with Crippen molar-refractivity contribution in [3.63, 3.8) is 0 Å². The van der Waals surface area contributed by atoms with Gasteiger partial charge in [0, 0.05) is 22.5 Å². The number of thioether (sulfide) groups is 1. The minimum absolute atomic E-state index is 0.0783. The summed E-state index contributed by atoms with van der Waals surface area (Å²) in [4.78, 5) is 30.0. The number of nitrogens with zero attached hydrogens (tertiary/aromatic N) is 2. The van der Waals surface area contributed by atoms with Crippen molar-refractivity contribution in [3.05, 3.63) is 40.6 Å². The van der Waals surface area contributed by atoms with E-state index in [2.05, 4.69) is 12.2 Å². The third-order valence-corrected chi connectivity index (χ3v) is 7.70. The molecule has 0 bridgehead atoms. The van der Waals surface area contributed by atoms with Crippen molar-refractivity contribution < 1.29 is 19.4 Å². The number of carbonyl (C=O) groups excluding carboxylic acids is 2. The maximum atomic E-state index is 12.4. The SMILES string of the molecule is CCC1Sc2cc(N3C[C@H](CNC(=O)Cc4cccs4)OC3=O)ccc2N(C)C1O. The molecule has 1 saturated heterocycles. The molecule has 3 heterocycles. The summed E-state index contributed by atoms with van der Waals surface area (Å²) in [5, 5.41) is 15.3. The summed E-state index contributed by atoms with van der Waals surface area (Å²) >= 11 is 3.18. The summed E-state index contributed by atoms with van der Waals surface area (Å²) in [5.41, 5.74) is 1.71. The first kappa shape index (κ1) is 21.0. The average Bonchev–Trinajstić information content (AvgIpc) is 3.38. The number of thiophene rings is 1. The number of anilines is 2. The van der Waals surface area contributed by atoms with Gasteiger partial charge in [0.15, 0.2) is 0 Å². The molecule has 0 aliphatic carbocycles. The lowest BCUT2D eigenvalue weighted by Crippen LogP contribution is -2.42. The van der Waals surface area contributed by atoms with Gasteiger partial charge < -0.3 is 20.1 Å². The fraction of sp³-hybridized carbons (Fsp3) is 0.429. The average molecular weight is 448 g/mol. The van der Waals surface area contributed by atoms with E-state index in [0.29, 0.717) is 19.5 Å². The lowest BCUT2D eigenvalue weighted by Gasteiger charge is -2.37. The van der Waals surface area contributed by atoms with E-state index >= 15 is 0 Å². The van der Waals surface area contributed by atoms with E-state index in [1.165, 1.54) is 0 Å². The number of fused-ring (bicyclic) bond motifs is 1. The number of carbonyl (C=O) groups is 2. The third-order valence-electron chi connectivity index (χ3n) is 5.36. The molecule has 2 unspecified atom stereocenters. The Kier molecular flexibility index (Phi) is 6.21. The maximum Gasteiger partial charge on any atom is 0.414 e. The molecule has 1 fully saturated rings. The zero-order valence-electron chi connectivity index (χ0n) is 16.9. The van der Waals surface area contributed by atoms with Gasteiger partial charge in [-0.2, -0.15) is 0 Å². The minimum atomic E-state index is -0.530. The van der Waals surface area contributed by atoms with Crippen LogP contribution < -0.4 is 15.1 Å². The number of hydrogen-bond acceptors (Lipinski definition) is 7. The van der Waals surface area contributed by atoms with E-state index in [1.807, 2.05) is 47.7 Å². The second-order valence-corrected chi connectivity index (χ2v) is 9.73. The van der Waals surface area contributed by atoms with Crippen molar-refractivity contribution in [2.75, 3.05) is 29.9 Å². The van der Waals surface area contributed by atoms with Crippen LogP contribution in [-0.2, 0) is 16.0 Å². The van der Waals surface area contributed by atoms with Crippen LogP contribution in [-0.4, -0.2) is 54.8 Å². The van der Waals surface area contributed by atoms with Crippen molar-refractivity contribution in [2.45, 2.75) is 42.2 Å². The molecule has 160 valence electrons. The van der Waals surface area contributed by atoms with Crippen LogP contribution in [0, 0.1) is 0 Å². The molecule has 7 nitrogen and oxygen atoms in total. The molecule has 30 heavy (non-hydrogen) atoms. The highest BCUT2D eigenvalue weighted by Crippen LogP contribution is 2.43. The molecule has 9 heteroatoms. The first-order valence-electron chi connectivity index (χ1n) is 9.95. The quantitative estimate of drug-likeness (QED) is 0.708. The molecular weight excluding hydrogens is 422 g/mol. The zero-order valence-corrected chi connectivity index (χ0v) is 18.5. The van der Waals surface area contributed by atoms with Gasteiger partial charge >= 0.3 is 6.09 Å². The second kappa shape index (κ2) is 8.87. The lowest BCUT2D eigenvalue weighted by molar-refractivity contribution is -0.120. The van der Waals surface area contributed by atoms with E-state index < -0.39 is 12.3 Å². The predicted octanol–water partition coefficient (Wildman–Crippen LogP) is 3.07. The van der Waals surface area contributed by atoms with Crippen molar-refractivity contribution in [1.82, 2.24) is 5.32 Å². The minimum Gasteiger partial charge on any atom is -0.442 e. The van der Waals surface area contributed by atoms with Gasteiger partial charge in [0.05, 0.1) is 30.4 Å². The molecular formula is C21H25N3O4S2. The Morgan fingerprint density at radius 3 is 2.93 bits per heavy atom. The van der Waals surface area contributed by atoms with Crippen molar-refractivity contribution in [2.24, 2.45) is 0 Å². The number of ether oxygens (including phenoxy) is 1. The molecule has 0 radical (unpaired) electrons. The highest BCUT2D eigenvalue weighted by molar-refractivity contribution is 8.00. The smallest absolute Gasteiger partial charge is 0.414 e. The summed E-state index contributed by atoms with van der Waals surface area (Å²) in [6.45, 7) is 2.73. The molecule has 3 atom stereocenters. The van der Waals surface area contributed by atoms with Crippen LogP contribution >= 0.6 is 23.1 Å². The van der Waals surface area contributed by atoms with Crippen LogP contribution in [0.3, 0.4) is 0 Å². The Morgan fingerprint density at radius 1 is 1.37 bits per heavy atom. The molecule has 1 aromatic carbocycles. The topological polar surface area (TPSA) is 82.1 Å². The van der Waals surface area contributed by atoms with Gasteiger partial charge in [0.1, 0.15) is 12.3 Å². The Hall–Kier alpha value is -2.23. The molecule has 4 rings (SSSR count). The number of rotatable bonds is 6. The van der Waals surface area contributed by atoms with Gasteiger partial charge in [-0.25, -0.2) is 4.79 Å². The van der Waals surface area contributed by atoms with Gasteiger partial charge in [-0.1, -0.05) is 13.0 Å². The highest BCUT2D eigenvalue weighted by Gasteiger charge is 2.35. The third kappa shape index (κ3) is 4.28. The normalized spacial score (nSPS) is 23.3. The molecule has 0 spiro atoms. The number of amides is 2. The summed E-state index contributed by atoms with van der Waals surface area (Å²) < 4.78 is 5.46. The van der Waals surface area contributed by atoms with E-state index in [9.17, 15) is 14.7 Å². The first-order valence-corrected chi connectivity index (χ1v) is 11.7. The van der Waals surface area contributed by atoms with Crippen LogP contribution in [0.4, 0.5) is 16.2 Å². The van der Waals surface area contributed by atoms with Gasteiger partial charge in [0.25, 0.3) is 0 Å². The van der Waals surface area contributed by atoms with Gasteiger partial charge in [0.2, 0.25) is 5.91 Å². The summed E-state index contributed by atoms with van der Waals surface area (Å²) in [7, 11) is 1.88. The molecule has 1 aromatic heterocycles.